The van der Waals surface area contributed by atoms with Gasteiger partial charge in [0.05, 0.1) is 17.4 Å². The molecular weight excluding hydrogens is 236 g/mol. The molecule has 17 heavy (non-hydrogen) atoms. The van der Waals surface area contributed by atoms with E-state index >= 15 is 0 Å². The Bertz CT molecular complexity index is 417. The quantitative estimate of drug-likeness (QED) is 0.862. The van der Waals surface area contributed by atoms with Gasteiger partial charge in [-0.3, -0.25) is 4.98 Å². The van der Waals surface area contributed by atoms with Gasteiger partial charge in [0.15, 0.2) is 0 Å². The Morgan fingerprint density at radius 3 is 3.18 bits per heavy atom. The molecule has 1 unspecified atom stereocenters. The van der Waals surface area contributed by atoms with E-state index in [1.165, 1.54) is 30.9 Å². The fourth-order valence-electron chi connectivity index (χ4n) is 1.98. The normalized spacial score (nSPS) is 23.6. The molecule has 5 heteroatoms. The third-order valence-corrected chi connectivity index (χ3v) is 4.54. The number of nitrogens with one attached hydrogen (secondary N) is 1. The first-order chi connectivity index (χ1) is 8.11. The van der Waals surface area contributed by atoms with Crippen LogP contribution in [0.15, 0.2) is 18.5 Å². The molecule has 1 aliphatic rings. The summed E-state index contributed by atoms with van der Waals surface area (Å²) in [5.74, 6) is 0.274. The van der Waals surface area contributed by atoms with Crippen LogP contribution in [0.5, 0.6) is 0 Å². The lowest BCUT2D eigenvalue weighted by Gasteiger charge is -2.23. The molecule has 2 rings (SSSR count). The molecule has 0 spiro atoms. The number of pyridine rings is 1. The molecule has 1 atom stereocenters. The highest BCUT2D eigenvalue weighted by Crippen LogP contribution is 2.37. The van der Waals surface area contributed by atoms with Gasteiger partial charge in [0.2, 0.25) is 0 Å². The maximum atomic E-state index is 11.0. The molecule has 0 radical (unpaired) electrons. The number of hydrogen-bond donors (Lipinski definition) is 2. The van der Waals surface area contributed by atoms with Gasteiger partial charge >= 0.3 is 5.97 Å². The number of rotatable bonds is 4. The summed E-state index contributed by atoms with van der Waals surface area (Å²) in [7, 11) is 0. The van der Waals surface area contributed by atoms with Crippen molar-refractivity contribution in [2.45, 2.75) is 24.5 Å². The minimum absolute atomic E-state index is 0.214. The van der Waals surface area contributed by atoms with Crippen LogP contribution in [0.4, 0.5) is 5.69 Å². The number of carbonyl (C=O) groups is 1. The van der Waals surface area contributed by atoms with Gasteiger partial charge in [-0.2, -0.15) is 11.8 Å². The molecule has 1 aliphatic heterocycles. The minimum Gasteiger partial charge on any atom is -0.478 e. The number of carboxylic acid groups (broad SMARTS) is 1. The second kappa shape index (κ2) is 4.96. The Labute approximate surface area is 105 Å². The topological polar surface area (TPSA) is 62.2 Å². The van der Waals surface area contributed by atoms with Crippen molar-refractivity contribution in [2.75, 3.05) is 17.6 Å². The predicted octanol–water partition coefficient (Wildman–Crippen LogP) is 2.48. The number of hydrogen-bond acceptors (Lipinski definition) is 4. The first-order valence-electron chi connectivity index (χ1n) is 5.66. The van der Waals surface area contributed by atoms with Crippen molar-refractivity contribution in [1.29, 1.82) is 0 Å². The lowest BCUT2D eigenvalue weighted by molar-refractivity contribution is 0.0698. The van der Waals surface area contributed by atoms with Crippen LogP contribution in [0, 0.1) is 0 Å². The summed E-state index contributed by atoms with van der Waals surface area (Å²) < 4.78 is 0.214. The van der Waals surface area contributed by atoms with E-state index in [-0.39, 0.29) is 10.3 Å². The van der Waals surface area contributed by atoms with E-state index in [4.69, 9.17) is 5.11 Å². The highest BCUT2D eigenvalue weighted by molar-refractivity contribution is 8.00. The maximum absolute atomic E-state index is 11.0. The summed E-state index contributed by atoms with van der Waals surface area (Å²) in [6.45, 7) is 3.00. The van der Waals surface area contributed by atoms with E-state index in [0.29, 0.717) is 5.69 Å². The Hall–Kier alpha value is -1.23. The fraction of sp³-hybridized carbons (Fsp3) is 0.500. The predicted molar refractivity (Wildman–Crippen MR) is 69.8 cm³/mol. The summed E-state index contributed by atoms with van der Waals surface area (Å²) >= 11 is 1.95. The van der Waals surface area contributed by atoms with E-state index in [1.54, 1.807) is 6.20 Å². The summed E-state index contributed by atoms with van der Waals surface area (Å²) in [4.78, 5) is 15.0. The van der Waals surface area contributed by atoms with Crippen LogP contribution in [0.1, 0.15) is 30.1 Å². The van der Waals surface area contributed by atoms with E-state index in [2.05, 4.69) is 17.2 Å². The lowest BCUT2D eigenvalue weighted by atomic mass is 10.1. The lowest BCUT2D eigenvalue weighted by Crippen LogP contribution is -2.27. The second-order valence-corrected chi connectivity index (χ2v) is 6.16. The van der Waals surface area contributed by atoms with Crippen LogP contribution in [0.3, 0.4) is 0 Å². The average Bonchev–Trinajstić information content (AvgIpc) is 2.74. The SMILES string of the molecule is CC1(CNc2cnccc2C(=O)O)CCCS1. The summed E-state index contributed by atoms with van der Waals surface area (Å²) in [6, 6.07) is 1.52. The zero-order valence-corrected chi connectivity index (χ0v) is 10.6. The summed E-state index contributed by atoms with van der Waals surface area (Å²) in [5, 5.41) is 12.3. The van der Waals surface area contributed by atoms with E-state index in [9.17, 15) is 4.79 Å². The Morgan fingerprint density at radius 2 is 2.53 bits per heavy atom. The molecule has 2 heterocycles. The van der Waals surface area contributed by atoms with Gasteiger partial charge in [-0.15, -0.1) is 0 Å². The van der Waals surface area contributed by atoms with Crippen LogP contribution >= 0.6 is 11.8 Å². The Morgan fingerprint density at radius 1 is 1.71 bits per heavy atom. The van der Waals surface area contributed by atoms with E-state index in [0.717, 1.165) is 6.54 Å². The molecule has 1 aromatic rings. The molecule has 92 valence electrons. The molecule has 0 amide bonds. The van der Waals surface area contributed by atoms with Crippen molar-refractivity contribution in [3.63, 3.8) is 0 Å². The number of nitrogens with zero attached hydrogens (tertiary/aromatic N) is 1. The molecule has 0 saturated carbocycles. The summed E-state index contributed by atoms with van der Waals surface area (Å²) in [5.41, 5.74) is 0.889. The number of thioether (sulfide) groups is 1. The van der Waals surface area contributed by atoms with Gasteiger partial charge in [-0.1, -0.05) is 0 Å². The number of anilines is 1. The first kappa shape index (κ1) is 12.2. The van der Waals surface area contributed by atoms with Crippen molar-refractivity contribution in [2.24, 2.45) is 0 Å². The molecule has 1 saturated heterocycles. The van der Waals surface area contributed by atoms with Crippen molar-refractivity contribution >= 4 is 23.4 Å². The van der Waals surface area contributed by atoms with Crippen LogP contribution in [-0.2, 0) is 0 Å². The van der Waals surface area contributed by atoms with Gasteiger partial charge in [0.1, 0.15) is 0 Å². The van der Waals surface area contributed by atoms with Gasteiger partial charge in [0, 0.05) is 17.5 Å². The molecular formula is C12H16N2O2S. The van der Waals surface area contributed by atoms with Crippen LogP contribution in [0.2, 0.25) is 0 Å². The molecule has 1 aromatic heterocycles. The largest absolute Gasteiger partial charge is 0.478 e. The highest BCUT2D eigenvalue weighted by atomic mass is 32.2. The van der Waals surface area contributed by atoms with Crippen molar-refractivity contribution in [1.82, 2.24) is 4.98 Å². The second-order valence-electron chi connectivity index (χ2n) is 4.48. The molecule has 4 nitrogen and oxygen atoms in total. The van der Waals surface area contributed by atoms with Crippen LogP contribution < -0.4 is 5.32 Å². The third kappa shape index (κ3) is 2.91. The molecule has 1 fully saturated rings. The molecule has 0 aliphatic carbocycles. The monoisotopic (exact) mass is 252 g/mol. The van der Waals surface area contributed by atoms with E-state index < -0.39 is 5.97 Å². The van der Waals surface area contributed by atoms with Crippen LogP contribution in [-0.4, -0.2) is 33.1 Å². The smallest absolute Gasteiger partial charge is 0.337 e. The van der Waals surface area contributed by atoms with Crippen molar-refractivity contribution in [3.05, 3.63) is 24.0 Å². The van der Waals surface area contributed by atoms with Gasteiger partial charge in [-0.05, 0) is 31.6 Å². The first-order valence-corrected chi connectivity index (χ1v) is 6.64. The van der Waals surface area contributed by atoms with Gasteiger partial charge < -0.3 is 10.4 Å². The zero-order valence-electron chi connectivity index (χ0n) is 9.77. The van der Waals surface area contributed by atoms with Crippen LogP contribution in [0.25, 0.3) is 0 Å². The Balaban J connectivity index is 2.06. The zero-order chi connectivity index (χ0) is 12.3. The minimum atomic E-state index is -0.917. The Kier molecular flexibility index (Phi) is 3.57. The fourth-order valence-corrected chi connectivity index (χ4v) is 3.22. The van der Waals surface area contributed by atoms with Crippen molar-refractivity contribution < 1.29 is 9.90 Å². The van der Waals surface area contributed by atoms with Crippen molar-refractivity contribution in [3.8, 4) is 0 Å². The number of aromatic carboxylic acids is 1. The van der Waals surface area contributed by atoms with Gasteiger partial charge in [-0.25, -0.2) is 4.79 Å². The maximum Gasteiger partial charge on any atom is 0.337 e. The molecule has 0 bridgehead atoms. The average molecular weight is 252 g/mol. The summed E-state index contributed by atoms with van der Waals surface area (Å²) in [6.07, 6.45) is 5.49. The van der Waals surface area contributed by atoms with Gasteiger partial charge in [0.25, 0.3) is 0 Å². The number of aromatic nitrogens is 1. The highest BCUT2D eigenvalue weighted by Gasteiger charge is 2.29. The standard InChI is InChI=1S/C12H16N2O2S/c1-12(4-2-6-17-12)8-14-10-7-13-5-3-9(10)11(15)16/h3,5,7,14H,2,4,6,8H2,1H3,(H,15,16). The molecule has 0 aromatic carbocycles. The van der Waals surface area contributed by atoms with E-state index in [1.807, 2.05) is 11.8 Å². The number of carboxylic acids is 1. The molecule has 2 N–H and O–H groups in total. The third-order valence-electron chi connectivity index (χ3n) is 3.00.